The predicted molar refractivity (Wildman–Crippen MR) is 75.1 cm³/mol. The van der Waals surface area contributed by atoms with E-state index in [1.54, 1.807) is 11.3 Å². The summed E-state index contributed by atoms with van der Waals surface area (Å²) in [6, 6.07) is 0. The van der Waals surface area contributed by atoms with Crippen LogP contribution in [0.2, 0.25) is 0 Å². The molecule has 0 unspecified atom stereocenters. The first-order valence-electron chi connectivity index (χ1n) is 5.89. The standard InChI is InChI=1S/C14H21NOS/c1-10(8-16)5-6-11(2)12(3)7-14-9-17-13(4)15-14/h5,7,9,11,16H,6,8H2,1-4H3/b10-5-,12-7+/t11-/m0/s1. The van der Waals surface area contributed by atoms with Crippen molar-refractivity contribution in [3.05, 3.63) is 33.3 Å². The number of allylic oxidation sites excluding steroid dienone is 2. The largest absolute Gasteiger partial charge is 0.392 e. The third-order valence-electron chi connectivity index (χ3n) is 2.86. The Morgan fingerprint density at radius 2 is 2.24 bits per heavy atom. The number of thiazole rings is 1. The molecule has 1 N–H and O–H groups in total. The van der Waals surface area contributed by atoms with Gasteiger partial charge in [0.25, 0.3) is 0 Å². The fraction of sp³-hybridized carbons (Fsp3) is 0.500. The highest BCUT2D eigenvalue weighted by atomic mass is 32.1. The van der Waals surface area contributed by atoms with E-state index < -0.39 is 0 Å². The molecule has 3 heteroatoms. The lowest BCUT2D eigenvalue weighted by Crippen LogP contribution is -1.96. The van der Waals surface area contributed by atoms with E-state index in [0.717, 1.165) is 22.7 Å². The molecule has 0 spiro atoms. The van der Waals surface area contributed by atoms with Crippen LogP contribution in [0.4, 0.5) is 0 Å². The van der Waals surface area contributed by atoms with E-state index in [9.17, 15) is 0 Å². The van der Waals surface area contributed by atoms with E-state index in [4.69, 9.17) is 5.11 Å². The summed E-state index contributed by atoms with van der Waals surface area (Å²) in [5.41, 5.74) is 3.42. The molecule has 0 amide bonds. The summed E-state index contributed by atoms with van der Waals surface area (Å²) >= 11 is 1.68. The first-order valence-corrected chi connectivity index (χ1v) is 6.77. The molecular weight excluding hydrogens is 230 g/mol. The zero-order valence-corrected chi connectivity index (χ0v) is 11.8. The van der Waals surface area contributed by atoms with Crippen LogP contribution in [0.25, 0.3) is 6.08 Å². The average Bonchev–Trinajstić information content (AvgIpc) is 2.70. The molecule has 0 radical (unpaired) electrons. The topological polar surface area (TPSA) is 33.1 Å². The van der Waals surface area contributed by atoms with E-state index in [2.05, 4.69) is 36.4 Å². The molecule has 17 heavy (non-hydrogen) atoms. The Kier molecular flexibility index (Phi) is 5.59. The third kappa shape index (κ3) is 4.84. The molecule has 0 aliphatic rings. The van der Waals surface area contributed by atoms with Crippen molar-refractivity contribution in [2.75, 3.05) is 6.61 Å². The third-order valence-corrected chi connectivity index (χ3v) is 3.65. The molecule has 0 saturated carbocycles. The fourth-order valence-electron chi connectivity index (χ4n) is 1.45. The lowest BCUT2D eigenvalue weighted by molar-refractivity contribution is 0.330. The first-order chi connectivity index (χ1) is 8.02. The van der Waals surface area contributed by atoms with Crippen LogP contribution in [0.5, 0.6) is 0 Å². The number of aliphatic hydroxyl groups excluding tert-OH is 1. The lowest BCUT2D eigenvalue weighted by Gasteiger charge is -2.09. The van der Waals surface area contributed by atoms with Crippen molar-refractivity contribution in [3.8, 4) is 0 Å². The van der Waals surface area contributed by atoms with E-state index >= 15 is 0 Å². The van der Waals surface area contributed by atoms with Gasteiger partial charge in [0.2, 0.25) is 0 Å². The first kappa shape index (κ1) is 14.1. The van der Waals surface area contributed by atoms with Crippen molar-refractivity contribution in [1.82, 2.24) is 4.98 Å². The maximum Gasteiger partial charge on any atom is 0.0901 e. The van der Waals surface area contributed by atoms with Crippen LogP contribution in [-0.2, 0) is 0 Å². The molecular formula is C14H21NOS. The van der Waals surface area contributed by atoms with Crippen molar-refractivity contribution >= 4 is 17.4 Å². The molecule has 94 valence electrons. The highest BCUT2D eigenvalue weighted by Gasteiger charge is 2.04. The Morgan fingerprint density at radius 1 is 1.53 bits per heavy atom. The van der Waals surface area contributed by atoms with Gasteiger partial charge in [-0.1, -0.05) is 24.1 Å². The van der Waals surface area contributed by atoms with Crippen LogP contribution in [0, 0.1) is 12.8 Å². The normalized spacial score (nSPS) is 15.1. The molecule has 1 aromatic rings. The zero-order chi connectivity index (χ0) is 12.8. The summed E-state index contributed by atoms with van der Waals surface area (Å²) in [7, 11) is 0. The van der Waals surface area contributed by atoms with Crippen molar-refractivity contribution in [2.45, 2.75) is 34.1 Å². The molecule has 0 saturated heterocycles. The van der Waals surface area contributed by atoms with E-state index in [1.165, 1.54) is 5.57 Å². The van der Waals surface area contributed by atoms with Crippen LogP contribution >= 0.6 is 11.3 Å². The maximum atomic E-state index is 8.93. The minimum atomic E-state index is 0.154. The second kappa shape index (κ2) is 6.72. The number of nitrogens with zero attached hydrogens (tertiary/aromatic N) is 1. The van der Waals surface area contributed by atoms with Gasteiger partial charge in [-0.15, -0.1) is 11.3 Å². The monoisotopic (exact) mass is 251 g/mol. The van der Waals surface area contributed by atoms with Crippen molar-refractivity contribution in [1.29, 1.82) is 0 Å². The molecule has 1 heterocycles. The molecule has 1 rings (SSSR count). The molecule has 1 atom stereocenters. The number of hydrogen-bond donors (Lipinski definition) is 1. The Morgan fingerprint density at radius 3 is 2.76 bits per heavy atom. The summed E-state index contributed by atoms with van der Waals surface area (Å²) in [5.74, 6) is 0.485. The molecule has 0 aromatic carbocycles. The smallest absolute Gasteiger partial charge is 0.0901 e. The molecule has 2 nitrogen and oxygen atoms in total. The average molecular weight is 251 g/mol. The molecule has 1 aromatic heterocycles. The van der Waals surface area contributed by atoms with Crippen LogP contribution in [0.3, 0.4) is 0 Å². The number of hydrogen-bond acceptors (Lipinski definition) is 3. The van der Waals surface area contributed by atoms with E-state index in [1.807, 2.05) is 13.8 Å². The van der Waals surface area contributed by atoms with Crippen molar-refractivity contribution < 1.29 is 5.11 Å². The fourth-order valence-corrected chi connectivity index (χ4v) is 2.02. The van der Waals surface area contributed by atoms with Gasteiger partial charge in [0.05, 0.1) is 17.3 Å². The lowest BCUT2D eigenvalue weighted by atomic mass is 9.97. The van der Waals surface area contributed by atoms with Crippen LogP contribution < -0.4 is 0 Å². The molecule has 0 aliphatic carbocycles. The van der Waals surface area contributed by atoms with E-state index in [0.29, 0.717) is 5.92 Å². The van der Waals surface area contributed by atoms with Crippen LogP contribution in [0.1, 0.15) is 37.9 Å². The summed E-state index contributed by atoms with van der Waals surface area (Å²) in [5, 5.41) is 12.1. The highest BCUT2D eigenvalue weighted by Crippen LogP contribution is 2.19. The van der Waals surface area contributed by atoms with Gasteiger partial charge < -0.3 is 5.11 Å². The van der Waals surface area contributed by atoms with Crippen molar-refractivity contribution in [2.24, 2.45) is 5.92 Å². The van der Waals surface area contributed by atoms with E-state index in [-0.39, 0.29) is 6.61 Å². The second-order valence-corrected chi connectivity index (χ2v) is 5.59. The highest BCUT2D eigenvalue weighted by molar-refractivity contribution is 7.09. The van der Waals surface area contributed by atoms with Crippen LogP contribution in [0.15, 0.2) is 22.6 Å². The number of aromatic nitrogens is 1. The van der Waals surface area contributed by atoms with Gasteiger partial charge >= 0.3 is 0 Å². The Balaban J connectivity index is 2.63. The SMILES string of the molecule is C/C(=C/C[C@H](C)/C(C)=C/c1csc(C)n1)CO. The molecule has 0 aliphatic heterocycles. The summed E-state index contributed by atoms with van der Waals surface area (Å²) in [6.45, 7) is 8.47. The van der Waals surface area contributed by atoms with Gasteiger partial charge in [0.15, 0.2) is 0 Å². The van der Waals surface area contributed by atoms with Gasteiger partial charge in [-0.05, 0) is 39.2 Å². The molecule has 0 bridgehead atoms. The number of aliphatic hydroxyl groups is 1. The van der Waals surface area contributed by atoms with Gasteiger partial charge in [-0.2, -0.15) is 0 Å². The second-order valence-electron chi connectivity index (χ2n) is 4.53. The van der Waals surface area contributed by atoms with Gasteiger partial charge in [0.1, 0.15) is 0 Å². The summed E-state index contributed by atoms with van der Waals surface area (Å²) in [6.07, 6.45) is 5.22. The van der Waals surface area contributed by atoms with Gasteiger partial charge in [0, 0.05) is 5.38 Å². The number of aryl methyl sites for hydroxylation is 1. The summed E-state index contributed by atoms with van der Waals surface area (Å²) in [4.78, 5) is 4.43. The predicted octanol–water partition coefficient (Wildman–Crippen LogP) is 3.82. The van der Waals surface area contributed by atoms with Gasteiger partial charge in [-0.25, -0.2) is 4.98 Å². The number of rotatable bonds is 5. The summed E-state index contributed by atoms with van der Waals surface area (Å²) < 4.78 is 0. The quantitative estimate of drug-likeness (QED) is 0.807. The van der Waals surface area contributed by atoms with Crippen LogP contribution in [-0.4, -0.2) is 16.7 Å². The Bertz CT molecular complexity index is 418. The maximum absolute atomic E-state index is 8.93. The molecule has 0 fully saturated rings. The van der Waals surface area contributed by atoms with Crippen molar-refractivity contribution in [3.63, 3.8) is 0 Å². The zero-order valence-electron chi connectivity index (χ0n) is 11.0. The minimum absolute atomic E-state index is 0.154. The Labute approximate surface area is 108 Å². The Hall–Kier alpha value is -0.930. The minimum Gasteiger partial charge on any atom is -0.392 e. The van der Waals surface area contributed by atoms with Gasteiger partial charge in [-0.3, -0.25) is 0 Å².